The van der Waals surface area contributed by atoms with E-state index in [0.717, 1.165) is 11.6 Å². The molecule has 0 fully saturated rings. The molecule has 23 heavy (non-hydrogen) atoms. The highest BCUT2D eigenvalue weighted by atomic mass is 35.5. The van der Waals surface area contributed by atoms with E-state index in [1.54, 1.807) is 6.07 Å². The lowest BCUT2D eigenvalue weighted by molar-refractivity contribution is 0.0938. The summed E-state index contributed by atoms with van der Waals surface area (Å²) in [6.07, 6.45) is 0. The second-order valence-corrected chi connectivity index (χ2v) is 6.18. The lowest BCUT2D eigenvalue weighted by Gasteiger charge is -2.26. The van der Waals surface area contributed by atoms with E-state index in [4.69, 9.17) is 23.2 Å². The molecule has 0 spiro atoms. The van der Waals surface area contributed by atoms with Crippen molar-refractivity contribution in [2.75, 3.05) is 20.6 Å². The van der Waals surface area contributed by atoms with Gasteiger partial charge in [0.25, 0.3) is 5.91 Å². The summed E-state index contributed by atoms with van der Waals surface area (Å²) in [6.45, 7) is 0.303. The van der Waals surface area contributed by atoms with E-state index in [1.165, 1.54) is 12.1 Å². The Morgan fingerprint density at radius 3 is 2.52 bits per heavy atom. The molecule has 122 valence electrons. The molecule has 0 aliphatic rings. The minimum absolute atomic E-state index is 0.0361. The van der Waals surface area contributed by atoms with Gasteiger partial charge in [0.1, 0.15) is 5.82 Å². The highest BCUT2D eigenvalue weighted by Gasteiger charge is 2.19. The summed E-state index contributed by atoms with van der Waals surface area (Å²) in [7, 11) is 3.78. The average molecular weight is 355 g/mol. The largest absolute Gasteiger partial charge is 0.350 e. The maximum atomic E-state index is 13.8. The van der Waals surface area contributed by atoms with E-state index < -0.39 is 11.7 Å². The van der Waals surface area contributed by atoms with Gasteiger partial charge in [-0.1, -0.05) is 41.4 Å². The summed E-state index contributed by atoms with van der Waals surface area (Å²) in [5.74, 6) is -1.13. The maximum absolute atomic E-state index is 13.8. The molecule has 0 aliphatic carbocycles. The number of likely N-dealkylation sites (N-methyl/N-ethyl adjacent to an activating group) is 1. The number of rotatable bonds is 5. The number of halogens is 3. The number of benzene rings is 2. The van der Waals surface area contributed by atoms with E-state index in [-0.39, 0.29) is 16.6 Å². The Labute approximate surface area is 145 Å². The zero-order chi connectivity index (χ0) is 17.0. The normalized spacial score (nSPS) is 12.3. The predicted molar refractivity (Wildman–Crippen MR) is 91.6 cm³/mol. The molecule has 3 nitrogen and oxygen atoms in total. The third kappa shape index (κ3) is 4.44. The van der Waals surface area contributed by atoms with Gasteiger partial charge in [0.15, 0.2) is 0 Å². The Morgan fingerprint density at radius 1 is 1.22 bits per heavy atom. The van der Waals surface area contributed by atoms with Crippen molar-refractivity contribution >= 4 is 29.1 Å². The molecule has 0 saturated carbocycles. The summed E-state index contributed by atoms with van der Waals surface area (Å²) >= 11 is 11.9. The number of hydrogen-bond donors (Lipinski definition) is 1. The van der Waals surface area contributed by atoms with Gasteiger partial charge >= 0.3 is 0 Å². The fourth-order valence-electron chi connectivity index (χ4n) is 2.27. The monoisotopic (exact) mass is 354 g/mol. The standard InChI is InChI=1S/C17H17Cl2FN2O/c1-22(2)16(12-5-3-4-6-14(12)19)10-21-17(23)13-8-7-11(18)9-15(13)20/h3-9,16H,10H2,1-2H3,(H,21,23)/t16-/m0/s1. The van der Waals surface area contributed by atoms with Crippen molar-refractivity contribution in [1.82, 2.24) is 10.2 Å². The van der Waals surface area contributed by atoms with Crippen LogP contribution >= 0.6 is 23.2 Å². The van der Waals surface area contributed by atoms with E-state index in [9.17, 15) is 9.18 Å². The van der Waals surface area contributed by atoms with Crippen LogP contribution in [0.5, 0.6) is 0 Å². The first kappa shape index (κ1) is 17.7. The quantitative estimate of drug-likeness (QED) is 0.873. The van der Waals surface area contributed by atoms with Gasteiger partial charge in [0.2, 0.25) is 0 Å². The molecule has 2 aromatic carbocycles. The molecule has 0 unspecified atom stereocenters. The van der Waals surface area contributed by atoms with Crippen molar-refractivity contribution in [2.45, 2.75) is 6.04 Å². The Kier molecular flexibility index (Phi) is 5.99. The van der Waals surface area contributed by atoms with Crippen LogP contribution in [-0.2, 0) is 0 Å². The average Bonchev–Trinajstić information content (AvgIpc) is 2.48. The molecule has 1 amide bonds. The lowest BCUT2D eigenvalue weighted by atomic mass is 10.1. The predicted octanol–water partition coefficient (Wildman–Crippen LogP) is 4.17. The smallest absolute Gasteiger partial charge is 0.254 e. The molecule has 0 aliphatic heterocycles. The molecule has 1 atom stereocenters. The second-order valence-electron chi connectivity index (χ2n) is 5.34. The van der Waals surface area contributed by atoms with E-state index >= 15 is 0 Å². The molecule has 2 aromatic rings. The first-order chi connectivity index (χ1) is 10.9. The van der Waals surface area contributed by atoms with Crippen LogP contribution in [0.1, 0.15) is 22.0 Å². The summed E-state index contributed by atoms with van der Waals surface area (Å²) in [5, 5.41) is 3.62. The number of nitrogens with one attached hydrogen (secondary N) is 1. The molecule has 0 aromatic heterocycles. The number of carbonyl (C=O) groups excluding carboxylic acids is 1. The van der Waals surface area contributed by atoms with Crippen LogP contribution < -0.4 is 5.32 Å². The van der Waals surface area contributed by atoms with Gasteiger partial charge in [-0.05, 0) is 43.9 Å². The SMILES string of the molecule is CN(C)[C@@H](CNC(=O)c1ccc(Cl)cc1F)c1ccccc1Cl. The van der Waals surface area contributed by atoms with Crippen molar-refractivity contribution in [1.29, 1.82) is 0 Å². The van der Waals surface area contributed by atoms with Gasteiger partial charge in [0.05, 0.1) is 11.6 Å². The third-order valence-electron chi connectivity index (χ3n) is 3.52. The molecule has 0 radical (unpaired) electrons. The Morgan fingerprint density at radius 2 is 1.91 bits per heavy atom. The van der Waals surface area contributed by atoms with Crippen molar-refractivity contribution < 1.29 is 9.18 Å². The second kappa shape index (κ2) is 7.77. The lowest BCUT2D eigenvalue weighted by Crippen LogP contribution is -2.35. The van der Waals surface area contributed by atoms with E-state index in [0.29, 0.717) is 11.6 Å². The van der Waals surface area contributed by atoms with Gasteiger partial charge in [-0.3, -0.25) is 4.79 Å². The van der Waals surface area contributed by atoms with E-state index in [1.807, 2.05) is 37.2 Å². The molecular formula is C17H17Cl2FN2O. The summed E-state index contributed by atoms with van der Waals surface area (Å²) in [6, 6.07) is 11.3. The van der Waals surface area contributed by atoms with Gasteiger partial charge in [-0.25, -0.2) is 4.39 Å². The van der Waals surface area contributed by atoms with Crippen molar-refractivity contribution in [3.8, 4) is 0 Å². The fourth-order valence-corrected chi connectivity index (χ4v) is 2.69. The van der Waals surface area contributed by atoms with Crippen molar-refractivity contribution in [3.63, 3.8) is 0 Å². The number of hydrogen-bond acceptors (Lipinski definition) is 2. The fraction of sp³-hybridized carbons (Fsp3) is 0.235. The number of amides is 1. The van der Waals surface area contributed by atoms with Crippen molar-refractivity contribution in [3.05, 3.63) is 69.5 Å². The van der Waals surface area contributed by atoms with Gasteiger partial charge in [-0.2, -0.15) is 0 Å². The molecule has 1 N–H and O–H groups in total. The van der Waals surface area contributed by atoms with Crippen LogP contribution in [0.2, 0.25) is 10.0 Å². The number of nitrogens with zero attached hydrogens (tertiary/aromatic N) is 1. The first-order valence-electron chi connectivity index (χ1n) is 7.04. The van der Waals surface area contributed by atoms with Crippen LogP contribution in [0.25, 0.3) is 0 Å². The minimum atomic E-state index is -0.644. The highest BCUT2D eigenvalue weighted by Crippen LogP contribution is 2.25. The topological polar surface area (TPSA) is 32.3 Å². The molecule has 2 rings (SSSR count). The molecule has 0 saturated heterocycles. The first-order valence-corrected chi connectivity index (χ1v) is 7.80. The zero-order valence-corrected chi connectivity index (χ0v) is 14.3. The van der Waals surface area contributed by atoms with Crippen LogP contribution in [-0.4, -0.2) is 31.4 Å². The third-order valence-corrected chi connectivity index (χ3v) is 4.10. The van der Waals surface area contributed by atoms with Gasteiger partial charge in [0, 0.05) is 16.6 Å². The summed E-state index contributed by atoms with van der Waals surface area (Å²) < 4.78 is 13.8. The van der Waals surface area contributed by atoms with Crippen LogP contribution in [0, 0.1) is 5.82 Å². The molecular weight excluding hydrogens is 338 g/mol. The minimum Gasteiger partial charge on any atom is -0.350 e. The maximum Gasteiger partial charge on any atom is 0.254 e. The van der Waals surface area contributed by atoms with Crippen LogP contribution in [0.4, 0.5) is 4.39 Å². The molecule has 0 heterocycles. The zero-order valence-electron chi connectivity index (χ0n) is 12.8. The Bertz CT molecular complexity index is 707. The Balaban J connectivity index is 2.13. The number of carbonyl (C=O) groups is 1. The molecule has 0 bridgehead atoms. The summed E-state index contributed by atoms with van der Waals surface area (Å²) in [4.78, 5) is 14.1. The Hall–Kier alpha value is -1.62. The summed E-state index contributed by atoms with van der Waals surface area (Å²) in [5.41, 5.74) is 0.863. The van der Waals surface area contributed by atoms with Crippen molar-refractivity contribution in [2.24, 2.45) is 0 Å². The van der Waals surface area contributed by atoms with Gasteiger partial charge < -0.3 is 10.2 Å². The highest BCUT2D eigenvalue weighted by molar-refractivity contribution is 6.31. The van der Waals surface area contributed by atoms with Crippen LogP contribution in [0.15, 0.2) is 42.5 Å². The van der Waals surface area contributed by atoms with Gasteiger partial charge in [-0.15, -0.1) is 0 Å². The molecule has 6 heteroatoms. The van der Waals surface area contributed by atoms with Crippen LogP contribution in [0.3, 0.4) is 0 Å². The van der Waals surface area contributed by atoms with E-state index in [2.05, 4.69) is 5.32 Å².